The van der Waals surface area contributed by atoms with E-state index in [9.17, 15) is 4.79 Å². The predicted molar refractivity (Wildman–Crippen MR) is 48.4 cm³/mol. The molecular weight excluding hydrogens is 170 g/mol. The van der Waals surface area contributed by atoms with Crippen molar-refractivity contribution in [3.63, 3.8) is 0 Å². The maximum Gasteiger partial charge on any atom is 0.324 e. The van der Waals surface area contributed by atoms with E-state index >= 15 is 0 Å². The second-order valence-corrected chi connectivity index (χ2v) is 4.15. The van der Waals surface area contributed by atoms with Crippen LogP contribution in [-0.4, -0.2) is 29.3 Å². The first kappa shape index (κ1) is 10.5. The molecule has 13 heavy (non-hydrogen) atoms. The van der Waals surface area contributed by atoms with Crippen molar-refractivity contribution in [3.05, 3.63) is 0 Å². The Balaban J connectivity index is 2.73. The lowest BCUT2D eigenvalue weighted by Gasteiger charge is -2.56. The molecule has 0 bridgehead atoms. The molecule has 76 valence electrons. The van der Waals surface area contributed by atoms with Crippen LogP contribution in [0.5, 0.6) is 0 Å². The molecule has 0 amide bonds. The van der Waals surface area contributed by atoms with Gasteiger partial charge < -0.3 is 15.6 Å². The number of aliphatic carboxylic acids is 1. The van der Waals surface area contributed by atoms with Gasteiger partial charge in [-0.3, -0.25) is 4.79 Å². The van der Waals surface area contributed by atoms with Crippen LogP contribution in [0.4, 0.5) is 0 Å². The molecule has 0 saturated heterocycles. The van der Waals surface area contributed by atoms with Crippen LogP contribution in [0.15, 0.2) is 0 Å². The lowest BCUT2D eigenvalue weighted by molar-refractivity contribution is -0.184. The van der Waals surface area contributed by atoms with E-state index in [0.717, 1.165) is 0 Å². The predicted octanol–water partition coefficient (Wildman–Crippen LogP) is 0.603. The fraction of sp³-hybridized carbons (Fsp3) is 0.889. The van der Waals surface area contributed by atoms with Crippen LogP contribution in [0.2, 0.25) is 0 Å². The van der Waals surface area contributed by atoms with Gasteiger partial charge in [0.15, 0.2) is 0 Å². The highest BCUT2D eigenvalue weighted by molar-refractivity contribution is 5.81. The molecule has 4 nitrogen and oxygen atoms in total. The zero-order valence-corrected chi connectivity index (χ0v) is 8.33. The Labute approximate surface area is 78.1 Å². The summed E-state index contributed by atoms with van der Waals surface area (Å²) in [6, 6.07) is 0. The van der Waals surface area contributed by atoms with E-state index in [0.29, 0.717) is 13.0 Å². The van der Waals surface area contributed by atoms with E-state index in [1.54, 1.807) is 0 Å². The summed E-state index contributed by atoms with van der Waals surface area (Å²) in [4.78, 5) is 10.9. The Kier molecular flexibility index (Phi) is 2.38. The Morgan fingerprint density at radius 2 is 2.23 bits per heavy atom. The summed E-state index contributed by atoms with van der Waals surface area (Å²) in [5.74, 6) is -0.937. The minimum absolute atomic E-state index is 0.0291. The number of hydrogen-bond acceptors (Lipinski definition) is 3. The molecule has 0 aliphatic heterocycles. The van der Waals surface area contributed by atoms with Gasteiger partial charge in [0.1, 0.15) is 5.54 Å². The first-order valence-corrected chi connectivity index (χ1v) is 4.50. The van der Waals surface area contributed by atoms with E-state index in [-0.39, 0.29) is 6.10 Å². The Morgan fingerprint density at radius 1 is 1.69 bits per heavy atom. The summed E-state index contributed by atoms with van der Waals surface area (Å²) < 4.78 is 5.40. The number of ether oxygens (including phenoxy) is 1. The van der Waals surface area contributed by atoms with Crippen molar-refractivity contribution in [2.45, 2.75) is 38.8 Å². The van der Waals surface area contributed by atoms with Gasteiger partial charge in [-0.1, -0.05) is 13.8 Å². The summed E-state index contributed by atoms with van der Waals surface area (Å²) in [5, 5.41) is 8.93. The van der Waals surface area contributed by atoms with Crippen molar-refractivity contribution in [3.8, 4) is 0 Å². The van der Waals surface area contributed by atoms with Crippen LogP contribution >= 0.6 is 0 Å². The molecule has 0 spiro atoms. The number of nitrogens with two attached hydrogens (primary N) is 1. The van der Waals surface area contributed by atoms with Crippen molar-refractivity contribution in [1.82, 2.24) is 0 Å². The van der Waals surface area contributed by atoms with Crippen LogP contribution in [0.25, 0.3) is 0 Å². The topological polar surface area (TPSA) is 72.5 Å². The second-order valence-electron chi connectivity index (χ2n) is 4.15. The standard InChI is InChI=1S/C9H17NO3/c1-4-13-6-5-9(10,7(11)12)8(6,2)3/h6H,4-5,10H2,1-3H3,(H,11,12). The number of carboxylic acids is 1. The van der Waals surface area contributed by atoms with Crippen LogP contribution in [0.3, 0.4) is 0 Å². The Morgan fingerprint density at radius 3 is 2.54 bits per heavy atom. The highest BCUT2D eigenvalue weighted by atomic mass is 16.5. The molecule has 1 aliphatic carbocycles. The highest BCUT2D eigenvalue weighted by Crippen LogP contribution is 2.49. The molecule has 3 N–H and O–H groups in total. The molecule has 0 aromatic rings. The Bertz CT molecular complexity index is 227. The smallest absolute Gasteiger partial charge is 0.324 e. The average Bonchev–Trinajstić information content (AvgIpc) is 2.03. The molecule has 0 aromatic heterocycles. The van der Waals surface area contributed by atoms with Gasteiger partial charge in [-0.2, -0.15) is 0 Å². The normalized spacial score (nSPS) is 36.8. The number of rotatable bonds is 3. The van der Waals surface area contributed by atoms with Gasteiger partial charge in [-0.05, 0) is 6.92 Å². The first-order valence-electron chi connectivity index (χ1n) is 4.50. The maximum atomic E-state index is 10.9. The lowest BCUT2D eigenvalue weighted by atomic mass is 9.54. The fourth-order valence-electron chi connectivity index (χ4n) is 1.80. The lowest BCUT2D eigenvalue weighted by Crippen LogP contribution is -2.73. The highest BCUT2D eigenvalue weighted by Gasteiger charge is 2.63. The molecular formula is C9H17NO3. The number of carboxylic acid groups (broad SMARTS) is 1. The quantitative estimate of drug-likeness (QED) is 0.678. The number of carbonyl (C=O) groups is 1. The largest absolute Gasteiger partial charge is 0.480 e. The summed E-state index contributed by atoms with van der Waals surface area (Å²) in [6.45, 7) is 6.17. The van der Waals surface area contributed by atoms with Crippen molar-refractivity contribution in [2.75, 3.05) is 6.61 Å². The summed E-state index contributed by atoms with van der Waals surface area (Å²) >= 11 is 0. The average molecular weight is 187 g/mol. The molecule has 1 fully saturated rings. The molecule has 1 aliphatic rings. The van der Waals surface area contributed by atoms with Crippen molar-refractivity contribution in [1.29, 1.82) is 0 Å². The minimum Gasteiger partial charge on any atom is -0.480 e. The van der Waals surface area contributed by atoms with Crippen molar-refractivity contribution in [2.24, 2.45) is 11.1 Å². The van der Waals surface area contributed by atoms with Gasteiger partial charge in [0.25, 0.3) is 0 Å². The Hall–Kier alpha value is -0.610. The summed E-state index contributed by atoms with van der Waals surface area (Å²) in [6.07, 6.45) is 0.377. The minimum atomic E-state index is -1.12. The van der Waals surface area contributed by atoms with E-state index in [1.165, 1.54) is 0 Å². The van der Waals surface area contributed by atoms with Crippen LogP contribution < -0.4 is 5.73 Å². The summed E-state index contributed by atoms with van der Waals surface area (Å²) in [7, 11) is 0. The maximum absolute atomic E-state index is 10.9. The fourth-order valence-corrected chi connectivity index (χ4v) is 1.80. The SMILES string of the molecule is CCOC1CC(N)(C(=O)O)C1(C)C. The molecule has 0 radical (unpaired) electrons. The zero-order chi connectivity index (χ0) is 10.3. The molecule has 2 unspecified atom stereocenters. The molecule has 4 heteroatoms. The monoisotopic (exact) mass is 187 g/mol. The van der Waals surface area contributed by atoms with E-state index in [1.807, 2.05) is 20.8 Å². The van der Waals surface area contributed by atoms with Gasteiger partial charge in [0, 0.05) is 18.4 Å². The van der Waals surface area contributed by atoms with Crippen LogP contribution in [-0.2, 0) is 9.53 Å². The second kappa shape index (κ2) is 2.96. The van der Waals surface area contributed by atoms with Crippen molar-refractivity contribution < 1.29 is 14.6 Å². The van der Waals surface area contributed by atoms with Gasteiger partial charge >= 0.3 is 5.97 Å². The van der Waals surface area contributed by atoms with E-state index in [4.69, 9.17) is 15.6 Å². The van der Waals surface area contributed by atoms with Gasteiger partial charge in [0.2, 0.25) is 0 Å². The molecule has 0 aromatic carbocycles. The third-order valence-corrected chi connectivity index (χ3v) is 3.21. The zero-order valence-electron chi connectivity index (χ0n) is 8.33. The molecule has 1 rings (SSSR count). The molecule has 1 saturated carbocycles. The molecule has 2 atom stereocenters. The van der Waals surface area contributed by atoms with Gasteiger partial charge in [-0.15, -0.1) is 0 Å². The molecule has 0 heterocycles. The summed E-state index contributed by atoms with van der Waals surface area (Å²) in [5.41, 5.74) is 4.17. The van der Waals surface area contributed by atoms with Crippen molar-refractivity contribution >= 4 is 5.97 Å². The number of hydrogen-bond donors (Lipinski definition) is 2. The van der Waals surface area contributed by atoms with E-state index in [2.05, 4.69) is 0 Å². The van der Waals surface area contributed by atoms with Gasteiger partial charge in [-0.25, -0.2) is 0 Å². The third-order valence-electron chi connectivity index (χ3n) is 3.21. The first-order chi connectivity index (χ1) is 5.86. The van der Waals surface area contributed by atoms with E-state index < -0.39 is 16.9 Å². The van der Waals surface area contributed by atoms with Gasteiger partial charge in [0.05, 0.1) is 6.10 Å². The van der Waals surface area contributed by atoms with Crippen LogP contribution in [0, 0.1) is 5.41 Å². The third kappa shape index (κ3) is 1.25. The van der Waals surface area contributed by atoms with Crippen LogP contribution in [0.1, 0.15) is 27.2 Å².